The number of aryl methyl sites for hydroxylation is 1. The first-order chi connectivity index (χ1) is 10.6. The first-order valence-electron chi connectivity index (χ1n) is 7.04. The Hall–Kier alpha value is -2.18. The summed E-state index contributed by atoms with van der Waals surface area (Å²) in [5, 5.41) is 13.8. The van der Waals surface area contributed by atoms with Crippen LogP contribution in [0.2, 0.25) is 0 Å². The van der Waals surface area contributed by atoms with E-state index in [1.54, 1.807) is 0 Å². The first-order valence-corrected chi connectivity index (χ1v) is 7.04. The number of aliphatic hydroxyl groups is 1. The minimum absolute atomic E-state index is 0.115. The maximum absolute atomic E-state index is 11.7. The molecule has 1 atom stereocenters. The molecule has 0 radical (unpaired) electrons. The summed E-state index contributed by atoms with van der Waals surface area (Å²) in [7, 11) is 0. The van der Waals surface area contributed by atoms with Crippen LogP contribution in [0.1, 0.15) is 17.2 Å². The molecule has 0 bridgehead atoms. The van der Waals surface area contributed by atoms with Crippen LogP contribution in [0.4, 0.5) is 0 Å². The maximum Gasteiger partial charge on any atom is 0.309 e. The summed E-state index contributed by atoms with van der Waals surface area (Å²) in [5.41, 5.74) is 1.98. The van der Waals surface area contributed by atoms with E-state index in [9.17, 15) is 9.59 Å². The molecule has 1 rings (SSSR count). The molecule has 0 aliphatic carbocycles. The molecule has 2 amide bonds. The van der Waals surface area contributed by atoms with Crippen molar-refractivity contribution in [2.75, 3.05) is 26.3 Å². The zero-order valence-electron chi connectivity index (χ0n) is 12.7. The van der Waals surface area contributed by atoms with Crippen LogP contribution in [-0.2, 0) is 14.3 Å². The Balaban J connectivity index is 2.61. The van der Waals surface area contributed by atoms with E-state index in [-0.39, 0.29) is 26.3 Å². The summed E-state index contributed by atoms with van der Waals surface area (Å²) >= 11 is 0. The molecular weight excluding hydrogens is 284 g/mol. The van der Waals surface area contributed by atoms with Crippen LogP contribution in [0, 0.1) is 6.92 Å². The number of amides is 2. The number of ether oxygens (including phenoxy) is 1. The minimum Gasteiger partial charge on any atom is -0.394 e. The Morgan fingerprint density at radius 2 is 1.91 bits per heavy atom. The third kappa shape index (κ3) is 6.07. The standard InChI is InChI=1S/C16H22N2O4/c1-3-8-17-15(20)16(21)18-11-14(22-10-9-19)13-6-4-12(2)5-7-13/h3-7,14,19H,1,8-11H2,2H3,(H,17,20)(H,18,21). The average Bonchev–Trinajstić information content (AvgIpc) is 2.53. The number of carbonyl (C=O) groups excluding carboxylic acids is 2. The molecule has 0 spiro atoms. The Bertz CT molecular complexity index is 499. The first kappa shape index (κ1) is 17.9. The molecule has 6 heteroatoms. The number of nitrogens with one attached hydrogen (secondary N) is 2. The summed E-state index contributed by atoms with van der Waals surface area (Å²) in [4.78, 5) is 23.1. The molecule has 1 unspecified atom stereocenters. The van der Waals surface area contributed by atoms with Crippen molar-refractivity contribution in [3.8, 4) is 0 Å². The van der Waals surface area contributed by atoms with Crippen molar-refractivity contribution in [3.63, 3.8) is 0 Å². The highest BCUT2D eigenvalue weighted by atomic mass is 16.5. The van der Waals surface area contributed by atoms with E-state index in [1.807, 2.05) is 31.2 Å². The third-order valence-electron chi connectivity index (χ3n) is 2.92. The van der Waals surface area contributed by atoms with Crippen molar-refractivity contribution < 1.29 is 19.4 Å². The Morgan fingerprint density at radius 1 is 1.27 bits per heavy atom. The van der Waals surface area contributed by atoms with Gasteiger partial charge in [0.1, 0.15) is 0 Å². The topological polar surface area (TPSA) is 87.7 Å². The van der Waals surface area contributed by atoms with Crippen molar-refractivity contribution in [1.29, 1.82) is 0 Å². The van der Waals surface area contributed by atoms with E-state index >= 15 is 0 Å². The van der Waals surface area contributed by atoms with Crippen molar-refractivity contribution in [3.05, 3.63) is 48.0 Å². The van der Waals surface area contributed by atoms with Gasteiger partial charge in [-0.25, -0.2) is 0 Å². The van der Waals surface area contributed by atoms with Crippen LogP contribution >= 0.6 is 0 Å². The molecule has 0 aromatic heterocycles. The van der Waals surface area contributed by atoms with Gasteiger partial charge in [0.05, 0.1) is 19.3 Å². The molecule has 1 aromatic carbocycles. The fraction of sp³-hybridized carbons (Fsp3) is 0.375. The van der Waals surface area contributed by atoms with E-state index in [0.717, 1.165) is 11.1 Å². The summed E-state index contributed by atoms with van der Waals surface area (Å²) in [6.07, 6.45) is 1.06. The van der Waals surface area contributed by atoms with E-state index in [0.29, 0.717) is 0 Å². The highest BCUT2D eigenvalue weighted by Crippen LogP contribution is 2.17. The number of benzene rings is 1. The monoisotopic (exact) mass is 306 g/mol. The van der Waals surface area contributed by atoms with Gasteiger partial charge in [-0.15, -0.1) is 6.58 Å². The second-order valence-corrected chi connectivity index (χ2v) is 4.70. The lowest BCUT2D eigenvalue weighted by Gasteiger charge is -2.18. The Morgan fingerprint density at radius 3 is 2.50 bits per heavy atom. The van der Waals surface area contributed by atoms with Crippen molar-refractivity contribution in [1.82, 2.24) is 10.6 Å². The molecular formula is C16H22N2O4. The van der Waals surface area contributed by atoms with E-state index in [2.05, 4.69) is 17.2 Å². The van der Waals surface area contributed by atoms with E-state index < -0.39 is 17.9 Å². The zero-order valence-corrected chi connectivity index (χ0v) is 12.7. The number of aliphatic hydroxyl groups excluding tert-OH is 1. The van der Waals surface area contributed by atoms with Crippen LogP contribution < -0.4 is 10.6 Å². The van der Waals surface area contributed by atoms with Gasteiger partial charge in [0, 0.05) is 13.1 Å². The molecule has 0 saturated heterocycles. The molecule has 6 nitrogen and oxygen atoms in total. The lowest BCUT2D eigenvalue weighted by Crippen LogP contribution is -2.41. The largest absolute Gasteiger partial charge is 0.394 e. The molecule has 120 valence electrons. The van der Waals surface area contributed by atoms with Gasteiger partial charge in [0.15, 0.2) is 0 Å². The van der Waals surface area contributed by atoms with Gasteiger partial charge in [-0.2, -0.15) is 0 Å². The highest BCUT2D eigenvalue weighted by Gasteiger charge is 2.17. The second-order valence-electron chi connectivity index (χ2n) is 4.70. The van der Waals surface area contributed by atoms with Crippen LogP contribution in [0.15, 0.2) is 36.9 Å². The summed E-state index contributed by atoms with van der Waals surface area (Å²) in [6, 6.07) is 7.65. The fourth-order valence-electron chi connectivity index (χ4n) is 1.76. The van der Waals surface area contributed by atoms with Crippen LogP contribution in [-0.4, -0.2) is 43.2 Å². The van der Waals surface area contributed by atoms with Crippen LogP contribution in [0.5, 0.6) is 0 Å². The molecule has 0 aliphatic rings. The van der Waals surface area contributed by atoms with Gasteiger partial charge in [-0.1, -0.05) is 35.9 Å². The van der Waals surface area contributed by atoms with Gasteiger partial charge in [-0.05, 0) is 12.5 Å². The quantitative estimate of drug-likeness (QED) is 0.481. The Kier molecular flexibility index (Phi) is 7.88. The fourth-order valence-corrected chi connectivity index (χ4v) is 1.76. The molecule has 3 N–H and O–H groups in total. The van der Waals surface area contributed by atoms with Gasteiger partial charge in [0.2, 0.25) is 0 Å². The normalized spacial score (nSPS) is 11.5. The average molecular weight is 306 g/mol. The molecule has 1 aromatic rings. The van der Waals surface area contributed by atoms with Crippen LogP contribution in [0.25, 0.3) is 0 Å². The number of hydrogen-bond acceptors (Lipinski definition) is 4. The van der Waals surface area contributed by atoms with Gasteiger partial charge in [0.25, 0.3) is 0 Å². The van der Waals surface area contributed by atoms with E-state index in [4.69, 9.17) is 9.84 Å². The minimum atomic E-state index is -0.730. The molecule has 0 aliphatic heterocycles. The maximum atomic E-state index is 11.7. The third-order valence-corrected chi connectivity index (χ3v) is 2.92. The summed E-state index contributed by atoms with van der Waals surface area (Å²) in [5.74, 6) is -1.45. The van der Waals surface area contributed by atoms with Gasteiger partial charge >= 0.3 is 11.8 Å². The summed E-state index contributed by atoms with van der Waals surface area (Å²) in [6.45, 7) is 5.84. The predicted molar refractivity (Wildman–Crippen MR) is 83.2 cm³/mol. The van der Waals surface area contributed by atoms with Gasteiger partial charge in [-0.3, -0.25) is 9.59 Å². The van der Waals surface area contributed by atoms with E-state index in [1.165, 1.54) is 6.08 Å². The van der Waals surface area contributed by atoms with Crippen molar-refractivity contribution in [2.24, 2.45) is 0 Å². The molecule has 22 heavy (non-hydrogen) atoms. The van der Waals surface area contributed by atoms with Gasteiger partial charge < -0.3 is 20.5 Å². The predicted octanol–water partition coefficient (Wildman–Crippen LogP) is 0.463. The molecule has 0 saturated carbocycles. The smallest absolute Gasteiger partial charge is 0.309 e. The van der Waals surface area contributed by atoms with Crippen LogP contribution in [0.3, 0.4) is 0 Å². The lowest BCUT2D eigenvalue weighted by molar-refractivity contribution is -0.139. The SMILES string of the molecule is C=CCNC(=O)C(=O)NCC(OCCO)c1ccc(C)cc1. The van der Waals surface area contributed by atoms with Crippen molar-refractivity contribution >= 4 is 11.8 Å². The van der Waals surface area contributed by atoms with Crippen molar-refractivity contribution in [2.45, 2.75) is 13.0 Å². The summed E-state index contributed by atoms with van der Waals surface area (Å²) < 4.78 is 5.52. The number of carbonyl (C=O) groups is 2. The Labute approximate surface area is 130 Å². The zero-order chi connectivity index (χ0) is 16.4. The second kappa shape index (κ2) is 9.70. The number of rotatable bonds is 8. The lowest BCUT2D eigenvalue weighted by atomic mass is 10.1. The number of hydrogen-bond donors (Lipinski definition) is 3. The molecule has 0 heterocycles. The molecule has 0 fully saturated rings. The highest BCUT2D eigenvalue weighted by molar-refractivity contribution is 6.35.